The van der Waals surface area contributed by atoms with Crippen LogP contribution in [0.25, 0.3) is 0 Å². The van der Waals surface area contributed by atoms with Crippen molar-refractivity contribution in [2.24, 2.45) is 0 Å². The lowest BCUT2D eigenvalue weighted by atomic mass is 10.1. The van der Waals surface area contributed by atoms with E-state index in [0.29, 0.717) is 10.6 Å². The lowest BCUT2D eigenvalue weighted by molar-refractivity contribution is -0.384. The number of nitro groups is 1. The molecule has 0 atom stereocenters. The van der Waals surface area contributed by atoms with Crippen LogP contribution < -0.4 is 0 Å². The smallest absolute Gasteiger partial charge is 0.267 e. The Balaban J connectivity index is 1.85. The maximum Gasteiger partial charge on any atom is 0.282 e. The number of hydrazine groups is 1. The summed E-state index contributed by atoms with van der Waals surface area (Å²) in [4.78, 5) is 50.7. The Bertz CT molecular complexity index is 1330. The molecule has 0 saturated heterocycles. The van der Waals surface area contributed by atoms with E-state index in [0.717, 1.165) is 11.1 Å². The van der Waals surface area contributed by atoms with Gasteiger partial charge >= 0.3 is 0 Å². The van der Waals surface area contributed by atoms with E-state index >= 15 is 0 Å². The van der Waals surface area contributed by atoms with Crippen LogP contribution in [-0.4, -0.2) is 32.7 Å². The number of carbonyl (C=O) groups is 3. The molecule has 8 nitrogen and oxygen atoms in total. The minimum absolute atomic E-state index is 0.116. The minimum Gasteiger partial charge on any atom is -0.267 e. The van der Waals surface area contributed by atoms with Gasteiger partial charge in [0.1, 0.15) is 0 Å². The van der Waals surface area contributed by atoms with E-state index < -0.39 is 22.6 Å². The number of rotatable bonds is 5. The van der Waals surface area contributed by atoms with Crippen molar-refractivity contribution in [3.63, 3.8) is 0 Å². The zero-order valence-corrected chi connectivity index (χ0v) is 19.8. The highest BCUT2D eigenvalue weighted by molar-refractivity contribution is 6.55. The quantitative estimate of drug-likeness (QED) is 0.129. The number of carbonyl (C=O) groups excluding carboxylic acids is 3. The molecule has 1 aliphatic rings. The van der Waals surface area contributed by atoms with Gasteiger partial charge < -0.3 is 0 Å². The molecule has 0 saturated carbocycles. The van der Waals surface area contributed by atoms with Gasteiger partial charge in [-0.25, -0.2) is 5.01 Å². The summed E-state index contributed by atoms with van der Waals surface area (Å²) in [7, 11) is 0. The van der Waals surface area contributed by atoms with Crippen LogP contribution >= 0.6 is 46.4 Å². The maximum atomic E-state index is 13.5. The van der Waals surface area contributed by atoms with Crippen LogP contribution in [0.15, 0.2) is 54.6 Å². The number of halogens is 4. The zero-order chi connectivity index (χ0) is 24.7. The second-order valence-corrected chi connectivity index (χ2v) is 8.60. The lowest BCUT2D eigenvalue weighted by Gasteiger charge is -2.30. The van der Waals surface area contributed by atoms with Crippen LogP contribution in [0.1, 0.15) is 36.6 Å². The zero-order valence-electron chi connectivity index (χ0n) is 16.8. The highest BCUT2D eigenvalue weighted by Crippen LogP contribution is 2.45. The number of hydrogen-bond donors (Lipinski definition) is 0. The molecule has 1 aliphatic heterocycles. The molecule has 3 aromatic carbocycles. The molecule has 3 amide bonds. The topological polar surface area (TPSA) is 101 Å². The van der Waals surface area contributed by atoms with E-state index in [-0.39, 0.29) is 49.0 Å². The molecule has 3 aromatic rings. The summed E-state index contributed by atoms with van der Waals surface area (Å²) in [6.45, 7) is -0.218. The highest BCUT2D eigenvalue weighted by atomic mass is 35.5. The van der Waals surface area contributed by atoms with Crippen LogP contribution in [0, 0.1) is 10.1 Å². The van der Waals surface area contributed by atoms with Crippen LogP contribution in [0.2, 0.25) is 20.1 Å². The van der Waals surface area contributed by atoms with Gasteiger partial charge in [0.2, 0.25) is 0 Å². The van der Waals surface area contributed by atoms with Crippen molar-refractivity contribution in [3.8, 4) is 0 Å². The Labute approximate surface area is 212 Å². The normalized spacial score (nSPS) is 12.6. The molecule has 34 heavy (non-hydrogen) atoms. The molecule has 1 heterocycles. The van der Waals surface area contributed by atoms with Crippen LogP contribution in [-0.2, 0) is 6.54 Å². The average Bonchev–Trinajstić information content (AvgIpc) is 3.10. The number of amides is 3. The summed E-state index contributed by atoms with van der Waals surface area (Å²) in [6.07, 6.45) is 0. The molecule has 0 aliphatic carbocycles. The first-order valence-corrected chi connectivity index (χ1v) is 11.0. The van der Waals surface area contributed by atoms with Gasteiger partial charge in [-0.3, -0.25) is 24.5 Å². The highest BCUT2D eigenvalue weighted by Gasteiger charge is 2.46. The standard InChI is InChI=1S/C22H11Cl4N3O5/c23-16-14-15(17(24)19(26)18(16)25)22(32)28(21(14)31)27(10-11-5-2-1-3-6-11)20(30)12-7-4-8-13(9-12)29(33)34/h1-9H,10H2. The summed E-state index contributed by atoms with van der Waals surface area (Å²) in [5, 5.41) is 11.7. The molecular formula is C22H11Cl4N3O5. The fraction of sp³-hybridized carbons (Fsp3) is 0.0455. The van der Waals surface area contributed by atoms with Crippen LogP contribution in [0.5, 0.6) is 0 Å². The number of benzene rings is 3. The van der Waals surface area contributed by atoms with Gasteiger partial charge in [0.15, 0.2) is 0 Å². The summed E-state index contributed by atoms with van der Waals surface area (Å²) < 4.78 is 0. The SMILES string of the molecule is O=C(c1cccc([N+](=O)[O-])c1)N(Cc1ccccc1)N1C(=O)c2c(Cl)c(Cl)c(Cl)c(Cl)c2C1=O. The average molecular weight is 539 g/mol. The molecular weight excluding hydrogens is 528 g/mol. The first kappa shape index (κ1) is 24.0. The number of nitro benzene ring substituents is 1. The summed E-state index contributed by atoms with van der Waals surface area (Å²) in [5.41, 5.74) is -0.467. The van der Waals surface area contributed by atoms with Crippen molar-refractivity contribution < 1.29 is 19.3 Å². The third-order valence-electron chi connectivity index (χ3n) is 5.03. The van der Waals surface area contributed by atoms with E-state index in [4.69, 9.17) is 46.4 Å². The molecule has 0 bridgehead atoms. The van der Waals surface area contributed by atoms with Crippen molar-refractivity contribution in [3.05, 3.63) is 107 Å². The van der Waals surface area contributed by atoms with Gasteiger partial charge in [0, 0.05) is 17.7 Å². The summed E-state index contributed by atoms with van der Waals surface area (Å²) in [5.74, 6) is -2.73. The van der Waals surface area contributed by atoms with E-state index in [1.54, 1.807) is 30.3 Å². The monoisotopic (exact) mass is 537 g/mol. The molecule has 0 unspecified atom stereocenters. The molecule has 172 valence electrons. The molecule has 0 radical (unpaired) electrons. The number of non-ortho nitro benzene ring substituents is 1. The van der Waals surface area contributed by atoms with E-state index in [1.165, 1.54) is 18.2 Å². The van der Waals surface area contributed by atoms with Gasteiger partial charge in [-0.05, 0) is 11.6 Å². The maximum absolute atomic E-state index is 13.5. The predicted octanol–water partition coefficient (Wildman–Crippen LogP) is 6.06. The first-order chi connectivity index (χ1) is 16.1. The number of nitrogens with zero attached hydrogens (tertiary/aromatic N) is 3. The Morgan fingerprint density at radius 2 is 1.41 bits per heavy atom. The predicted molar refractivity (Wildman–Crippen MR) is 126 cm³/mol. The van der Waals surface area contributed by atoms with Crippen LogP contribution in [0.4, 0.5) is 5.69 Å². The van der Waals surface area contributed by atoms with Crippen LogP contribution in [0.3, 0.4) is 0 Å². The lowest BCUT2D eigenvalue weighted by Crippen LogP contribution is -2.49. The summed E-state index contributed by atoms with van der Waals surface area (Å²) in [6, 6.07) is 13.4. The molecule has 0 N–H and O–H groups in total. The number of fused-ring (bicyclic) bond motifs is 1. The first-order valence-electron chi connectivity index (χ1n) is 9.48. The van der Waals surface area contributed by atoms with Crippen molar-refractivity contribution in [2.45, 2.75) is 6.54 Å². The van der Waals surface area contributed by atoms with Crippen molar-refractivity contribution in [1.82, 2.24) is 10.0 Å². The Hall–Kier alpha value is -3.17. The number of hydrogen-bond acceptors (Lipinski definition) is 5. The molecule has 0 aromatic heterocycles. The van der Waals surface area contributed by atoms with E-state index in [9.17, 15) is 24.5 Å². The second-order valence-electron chi connectivity index (χ2n) is 7.08. The Kier molecular flexibility index (Phi) is 6.51. The van der Waals surface area contributed by atoms with E-state index in [1.807, 2.05) is 0 Å². The van der Waals surface area contributed by atoms with Gasteiger partial charge in [0.05, 0.1) is 42.7 Å². The van der Waals surface area contributed by atoms with Crippen molar-refractivity contribution in [2.75, 3.05) is 0 Å². The van der Waals surface area contributed by atoms with Gasteiger partial charge in [0.25, 0.3) is 23.4 Å². The van der Waals surface area contributed by atoms with Gasteiger partial charge in [-0.2, -0.15) is 5.01 Å². The largest absolute Gasteiger partial charge is 0.282 e. The van der Waals surface area contributed by atoms with Gasteiger partial charge in [-0.1, -0.05) is 82.8 Å². The van der Waals surface area contributed by atoms with E-state index in [2.05, 4.69) is 0 Å². The molecule has 4 rings (SSSR count). The fourth-order valence-corrected chi connectivity index (χ4v) is 4.46. The second kappa shape index (κ2) is 9.23. The van der Waals surface area contributed by atoms with Gasteiger partial charge in [-0.15, -0.1) is 0 Å². The Morgan fingerprint density at radius 3 is 1.94 bits per heavy atom. The summed E-state index contributed by atoms with van der Waals surface area (Å²) >= 11 is 24.5. The third kappa shape index (κ3) is 3.99. The van der Waals surface area contributed by atoms with Crippen molar-refractivity contribution in [1.29, 1.82) is 0 Å². The third-order valence-corrected chi connectivity index (χ3v) is 6.84. The molecule has 0 spiro atoms. The number of imide groups is 1. The molecule has 0 fully saturated rings. The Morgan fingerprint density at radius 1 is 0.853 bits per heavy atom. The fourth-order valence-electron chi connectivity index (χ4n) is 3.45. The molecule has 12 heteroatoms. The van der Waals surface area contributed by atoms with Crippen molar-refractivity contribution >= 4 is 69.8 Å². The minimum atomic E-state index is -0.944.